The molecule has 1 aromatic carbocycles. The van der Waals surface area contributed by atoms with Crippen molar-refractivity contribution < 1.29 is 13.9 Å². The summed E-state index contributed by atoms with van der Waals surface area (Å²) in [6.45, 7) is 2.97. The topological polar surface area (TPSA) is 71.7 Å². The van der Waals surface area contributed by atoms with E-state index in [9.17, 15) is 4.79 Å². The average molecular weight is 393 g/mol. The molecule has 2 heterocycles. The molecule has 1 aliphatic heterocycles. The van der Waals surface area contributed by atoms with E-state index < -0.39 is 6.10 Å². The second-order valence-corrected chi connectivity index (χ2v) is 7.47. The fourth-order valence-electron chi connectivity index (χ4n) is 3.22. The molecule has 0 saturated carbocycles. The Balaban J connectivity index is 1.72. The van der Waals surface area contributed by atoms with E-state index in [-0.39, 0.29) is 11.9 Å². The van der Waals surface area contributed by atoms with Crippen molar-refractivity contribution in [3.63, 3.8) is 0 Å². The van der Waals surface area contributed by atoms with Crippen molar-refractivity contribution >= 4 is 17.5 Å². The Labute approximate surface area is 164 Å². The molecular weight excluding hydrogens is 368 g/mol. The number of amides is 1. The molecule has 0 aliphatic carbocycles. The van der Waals surface area contributed by atoms with Crippen LogP contribution in [0.1, 0.15) is 44.0 Å². The number of aromatic nitrogens is 2. The third kappa shape index (κ3) is 4.99. The molecule has 1 aliphatic rings. The molecule has 1 aromatic heterocycles. The summed E-state index contributed by atoms with van der Waals surface area (Å²) < 4.78 is 11.6. The number of piperidine rings is 1. The van der Waals surface area contributed by atoms with Gasteiger partial charge >= 0.3 is 0 Å². The third-order valence-electron chi connectivity index (χ3n) is 4.46. The first-order chi connectivity index (χ1) is 12.9. The SMILES string of the molecule is CC(Oc1cccc(Cl)c1)C(=O)N1CCCCC1c1nnc(CN(C)C)o1. The Hall–Kier alpha value is -2.12. The summed E-state index contributed by atoms with van der Waals surface area (Å²) in [5, 5.41) is 8.86. The predicted molar refractivity (Wildman–Crippen MR) is 102 cm³/mol. The molecule has 0 bridgehead atoms. The highest BCUT2D eigenvalue weighted by atomic mass is 35.5. The molecule has 146 valence electrons. The first-order valence-electron chi connectivity index (χ1n) is 9.13. The van der Waals surface area contributed by atoms with Crippen LogP contribution in [0, 0.1) is 0 Å². The van der Waals surface area contributed by atoms with Gasteiger partial charge in [-0.3, -0.25) is 4.79 Å². The van der Waals surface area contributed by atoms with Crippen LogP contribution in [0.3, 0.4) is 0 Å². The predicted octanol–water partition coefficient (Wildman–Crippen LogP) is 3.31. The van der Waals surface area contributed by atoms with Crippen LogP contribution < -0.4 is 4.74 Å². The van der Waals surface area contributed by atoms with Gasteiger partial charge in [-0.25, -0.2) is 0 Å². The van der Waals surface area contributed by atoms with Crippen molar-refractivity contribution in [2.24, 2.45) is 0 Å². The Morgan fingerprint density at radius 3 is 2.96 bits per heavy atom. The van der Waals surface area contributed by atoms with Gasteiger partial charge in [0.1, 0.15) is 11.8 Å². The van der Waals surface area contributed by atoms with Crippen LogP contribution in [0.25, 0.3) is 0 Å². The van der Waals surface area contributed by atoms with Crippen molar-refractivity contribution in [2.75, 3.05) is 20.6 Å². The highest BCUT2D eigenvalue weighted by Crippen LogP contribution is 2.31. The number of hydrogen-bond donors (Lipinski definition) is 0. The van der Waals surface area contributed by atoms with Crippen LogP contribution >= 0.6 is 11.6 Å². The van der Waals surface area contributed by atoms with Gasteiger partial charge in [0.25, 0.3) is 5.91 Å². The lowest BCUT2D eigenvalue weighted by Crippen LogP contribution is -2.45. The fraction of sp³-hybridized carbons (Fsp3) is 0.526. The van der Waals surface area contributed by atoms with Crippen molar-refractivity contribution in [1.29, 1.82) is 0 Å². The van der Waals surface area contributed by atoms with Crippen LogP contribution in [0.5, 0.6) is 5.75 Å². The van der Waals surface area contributed by atoms with E-state index in [1.165, 1.54) is 0 Å². The van der Waals surface area contributed by atoms with Gasteiger partial charge in [-0.05, 0) is 58.5 Å². The third-order valence-corrected chi connectivity index (χ3v) is 4.70. The molecule has 1 amide bonds. The summed E-state index contributed by atoms with van der Waals surface area (Å²) >= 11 is 5.99. The van der Waals surface area contributed by atoms with Crippen molar-refractivity contribution in [1.82, 2.24) is 20.0 Å². The zero-order chi connectivity index (χ0) is 19.4. The number of carbonyl (C=O) groups excluding carboxylic acids is 1. The van der Waals surface area contributed by atoms with E-state index in [4.69, 9.17) is 20.8 Å². The summed E-state index contributed by atoms with van der Waals surface area (Å²) in [5.74, 6) is 1.53. The minimum atomic E-state index is -0.631. The maximum absolute atomic E-state index is 13.0. The summed E-state index contributed by atoms with van der Waals surface area (Å²) in [7, 11) is 3.88. The molecule has 27 heavy (non-hydrogen) atoms. The lowest BCUT2D eigenvalue weighted by Gasteiger charge is -2.35. The molecule has 2 atom stereocenters. The number of rotatable bonds is 6. The summed E-state index contributed by atoms with van der Waals surface area (Å²) in [4.78, 5) is 16.8. The monoisotopic (exact) mass is 392 g/mol. The first-order valence-corrected chi connectivity index (χ1v) is 9.51. The van der Waals surface area contributed by atoms with Gasteiger partial charge in [0, 0.05) is 11.6 Å². The summed E-state index contributed by atoms with van der Waals surface area (Å²) in [6.07, 6.45) is 2.14. The van der Waals surface area contributed by atoms with Gasteiger partial charge in [-0.2, -0.15) is 0 Å². The first kappa shape index (κ1) is 19.6. The molecule has 7 nitrogen and oxygen atoms in total. The van der Waals surface area contributed by atoms with E-state index in [1.807, 2.05) is 19.0 Å². The van der Waals surface area contributed by atoms with Crippen molar-refractivity contribution in [3.8, 4) is 5.75 Å². The maximum atomic E-state index is 13.0. The smallest absolute Gasteiger partial charge is 0.264 e. The minimum absolute atomic E-state index is 0.0907. The molecule has 1 saturated heterocycles. The Morgan fingerprint density at radius 1 is 1.41 bits per heavy atom. The highest BCUT2D eigenvalue weighted by molar-refractivity contribution is 6.30. The molecule has 8 heteroatoms. The molecule has 0 N–H and O–H groups in total. The van der Waals surface area contributed by atoms with Crippen LogP contribution in [0.2, 0.25) is 5.02 Å². The highest BCUT2D eigenvalue weighted by Gasteiger charge is 2.34. The number of halogens is 1. The molecular formula is C19H25ClN4O3. The van der Waals surface area contributed by atoms with Crippen LogP contribution in [0.15, 0.2) is 28.7 Å². The van der Waals surface area contributed by atoms with Crippen molar-refractivity contribution in [3.05, 3.63) is 41.1 Å². The van der Waals surface area contributed by atoms with E-state index in [1.54, 1.807) is 36.1 Å². The standard InChI is InChI=1S/C19H25ClN4O3/c1-13(26-15-8-6-7-14(20)11-15)19(25)24-10-5-4-9-16(24)18-22-21-17(27-18)12-23(2)3/h6-8,11,13,16H,4-5,9-10,12H2,1-3H3. The quantitative estimate of drug-likeness (QED) is 0.751. The lowest BCUT2D eigenvalue weighted by molar-refractivity contribution is -0.142. The number of ether oxygens (including phenoxy) is 1. The number of carbonyl (C=O) groups is 1. The number of benzene rings is 1. The molecule has 1 fully saturated rings. The number of hydrogen-bond acceptors (Lipinski definition) is 6. The average Bonchev–Trinajstić information content (AvgIpc) is 3.08. The summed E-state index contributed by atoms with van der Waals surface area (Å²) in [6, 6.07) is 6.84. The molecule has 0 spiro atoms. The van der Waals surface area contributed by atoms with Gasteiger partial charge in [-0.1, -0.05) is 17.7 Å². The number of likely N-dealkylation sites (tertiary alicyclic amines) is 1. The largest absolute Gasteiger partial charge is 0.481 e. The Bertz CT molecular complexity index is 780. The Morgan fingerprint density at radius 2 is 2.22 bits per heavy atom. The minimum Gasteiger partial charge on any atom is -0.481 e. The second kappa shape index (κ2) is 8.71. The van der Waals surface area contributed by atoms with Crippen molar-refractivity contribution in [2.45, 2.75) is 44.9 Å². The Kier molecular flexibility index (Phi) is 6.34. The van der Waals surface area contributed by atoms with E-state index in [0.29, 0.717) is 35.6 Å². The molecule has 0 radical (unpaired) electrons. The van der Waals surface area contributed by atoms with Gasteiger partial charge in [0.15, 0.2) is 6.10 Å². The van der Waals surface area contributed by atoms with Crippen LogP contribution in [-0.2, 0) is 11.3 Å². The fourth-order valence-corrected chi connectivity index (χ4v) is 3.40. The van der Waals surface area contributed by atoms with E-state index in [0.717, 1.165) is 19.3 Å². The molecule has 2 unspecified atom stereocenters. The van der Waals surface area contributed by atoms with Gasteiger partial charge in [0.05, 0.1) is 6.54 Å². The molecule has 2 aromatic rings. The maximum Gasteiger partial charge on any atom is 0.264 e. The zero-order valence-corrected chi connectivity index (χ0v) is 16.6. The van der Waals surface area contributed by atoms with E-state index >= 15 is 0 Å². The van der Waals surface area contributed by atoms with E-state index in [2.05, 4.69) is 10.2 Å². The normalized spacial score (nSPS) is 18.6. The van der Waals surface area contributed by atoms with Crippen LogP contribution in [-0.4, -0.2) is 52.6 Å². The lowest BCUT2D eigenvalue weighted by atomic mass is 10.0. The van der Waals surface area contributed by atoms with Gasteiger partial charge in [0.2, 0.25) is 11.8 Å². The molecule has 3 rings (SSSR count). The van der Waals surface area contributed by atoms with Crippen LogP contribution in [0.4, 0.5) is 0 Å². The van der Waals surface area contributed by atoms with Gasteiger partial charge < -0.3 is 19.0 Å². The zero-order valence-electron chi connectivity index (χ0n) is 15.9. The van der Waals surface area contributed by atoms with Gasteiger partial charge in [-0.15, -0.1) is 10.2 Å². The number of nitrogens with zero attached hydrogens (tertiary/aromatic N) is 4. The second-order valence-electron chi connectivity index (χ2n) is 7.03. The summed E-state index contributed by atoms with van der Waals surface area (Å²) in [5.41, 5.74) is 0.